The maximum absolute atomic E-state index is 10.6. The van der Waals surface area contributed by atoms with Gasteiger partial charge in [0, 0.05) is 13.0 Å². The third-order valence-electron chi connectivity index (χ3n) is 3.35. The van der Waals surface area contributed by atoms with Crippen LogP contribution < -0.4 is 0 Å². The van der Waals surface area contributed by atoms with Crippen LogP contribution in [0.2, 0.25) is 0 Å². The van der Waals surface area contributed by atoms with Gasteiger partial charge in [-0.05, 0) is 44.2 Å². The van der Waals surface area contributed by atoms with Gasteiger partial charge in [-0.3, -0.25) is 4.79 Å². The Labute approximate surface area is 78.7 Å². The van der Waals surface area contributed by atoms with Crippen molar-refractivity contribution in [1.82, 2.24) is 4.90 Å². The molecule has 0 aliphatic carbocycles. The Morgan fingerprint density at radius 3 is 2.92 bits per heavy atom. The lowest BCUT2D eigenvalue weighted by Crippen LogP contribution is -2.21. The van der Waals surface area contributed by atoms with E-state index in [-0.39, 0.29) is 0 Å². The van der Waals surface area contributed by atoms with Gasteiger partial charge in [0.25, 0.3) is 0 Å². The fourth-order valence-electron chi connectivity index (χ4n) is 2.70. The van der Waals surface area contributed by atoms with Gasteiger partial charge in [0.1, 0.15) is 0 Å². The number of hydrogen-bond donors (Lipinski definition) is 1. The third-order valence-corrected chi connectivity index (χ3v) is 3.35. The SMILES string of the molecule is O=C(O)CC1CCN2CCC(C1)C2. The summed E-state index contributed by atoms with van der Waals surface area (Å²) in [5.41, 5.74) is 0. The fraction of sp³-hybridized carbons (Fsp3) is 0.900. The second-order valence-electron chi connectivity index (χ2n) is 4.44. The summed E-state index contributed by atoms with van der Waals surface area (Å²) in [6.07, 6.45) is 3.89. The van der Waals surface area contributed by atoms with Crippen molar-refractivity contribution in [3.8, 4) is 0 Å². The highest BCUT2D eigenvalue weighted by atomic mass is 16.4. The quantitative estimate of drug-likeness (QED) is 0.699. The molecule has 0 spiro atoms. The van der Waals surface area contributed by atoms with Crippen LogP contribution in [-0.2, 0) is 4.79 Å². The van der Waals surface area contributed by atoms with Gasteiger partial charge >= 0.3 is 5.97 Å². The molecular weight excluding hydrogens is 166 g/mol. The van der Waals surface area contributed by atoms with E-state index in [2.05, 4.69) is 4.90 Å². The van der Waals surface area contributed by atoms with Gasteiger partial charge in [0.05, 0.1) is 0 Å². The molecule has 2 heterocycles. The van der Waals surface area contributed by atoms with Crippen LogP contribution in [0.5, 0.6) is 0 Å². The minimum absolute atomic E-state index is 0.379. The highest BCUT2D eigenvalue weighted by Gasteiger charge is 2.29. The van der Waals surface area contributed by atoms with Gasteiger partial charge in [0.15, 0.2) is 0 Å². The van der Waals surface area contributed by atoms with E-state index < -0.39 is 5.97 Å². The van der Waals surface area contributed by atoms with E-state index in [1.165, 1.54) is 19.5 Å². The standard InChI is InChI=1S/C10H17NO2/c12-10(13)6-8-1-3-11-4-2-9(5-8)7-11/h8-9H,1-7H2,(H,12,13). The van der Waals surface area contributed by atoms with E-state index in [0.717, 1.165) is 25.3 Å². The number of aliphatic carboxylic acids is 1. The third kappa shape index (κ3) is 2.21. The maximum atomic E-state index is 10.6. The number of rotatable bonds is 2. The fourth-order valence-corrected chi connectivity index (χ4v) is 2.70. The van der Waals surface area contributed by atoms with Gasteiger partial charge in [0.2, 0.25) is 0 Å². The average Bonchev–Trinajstić information content (AvgIpc) is 2.36. The van der Waals surface area contributed by atoms with Gasteiger partial charge in [-0.2, -0.15) is 0 Å². The number of carboxylic acids is 1. The van der Waals surface area contributed by atoms with E-state index >= 15 is 0 Å². The average molecular weight is 183 g/mol. The van der Waals surface area contributed by atoms with Crippen LogP contribution in [-0.4, -0.2) is 35.6 Å². The maximum Gasteiger partial charge on any atom is 0.303 e. The normalized spacial score (nSPS) is 38.6. The smallest absolute Gasteiger partial charge is 0.303 e. The molecule has 13 heavy (non-hydrogen) atoms. The summed E-state index contributed by atoms with van der Waals surface area (Å²) in [4.78, 5) is 13.1. The molecule has 0 aromatic carbocycles. The molecule has 2 fully saturated rings. The molecule has 2 aliphatic rings. The minimum atomic E-state index is -0.627. The first-order chi connectivity index (χ1) is 6.24. The zero-order valence-electron chi connectivity index (χ0n) is 7.91. The van der Waals surface area contributed by atoms with Crippen LogP contribution in [0, 0.1) is 11.8 Å². The lowest BCUT2D eigenvalue weighted by molar-refractivity contribution is -0.138. The Hall–Kier alpha value is -0.570. The van der Waals surface area contributed by atoms with Crippen LogP contribution in [0.3, 0.4) is 0 Å². The molecule has 0 amide bonds. The van der Waals surface area contributed by atoms with Gasteiger partial charge in [-0.1, -0.05) is 0 Å². The highest BCUT2D eigenvalue weighted by Crippen LogP contribution is 2.31. The number of fused-ring (bicyclic) bond motifs is 2. The van der Waals surface area contributed by atoms with Gasteiger partial charge in [-0.15, -0.1) is 0 Å². The van der Waals surface area contributed by atoms with Crippen LogP contribution in [0.25, 0.3) is 0 Å². The Morgan fingerprint density at radius 1 is 1.38 bits per heavy atom. The van der Waals surface area contributed by atoms with Gasteiger partial charge < -0.3 is 10.0 Å². The lowest BCUT2D eigenvalue weighted by atomic mass is 9.90. The van der Waals surface area contributed by atoms with E-state index in [1.54, 1.807) is 0 Å². The number of hydrogen-bond acceptors (Lipinski definition) is 2. The van der Waals surface area contributed by atoms with Crippen molar-refractivity contribution in [2.75, 3.05) is 19.6 Å². The summed E-state index contributed by atoms with van der Waals surface area (Å²) in [5, 5.41) is 8.71. The molecule has 1 N–H and O–H groups in total. The zero-order valence-corrected chi connectivity index (χ0v) is 7.91. The molecule has 3 heteroatoms. The molecule has 2 aliphatic heterocycles. The van der Waals surface area contributed by atoms with Crippen LogP contribution in [0.15, 0.2) is 0 Å². The molecular formula is C10H17NO2. The number of carbonyl (C=O) groups is 1. The summed E-state index contributed by atoms with van der Waals surface area (Å²) < 4.78 is 0. The Bertz CT molecular complexity index is 205. The molecule has 3 nitrogen and oxygen atoms in total. The largest absolute Gasteiger partial charge is 0.481 e. The Morgan fingerprint density at radius 2 is 2.15 bits per heavy atom. The molecule has 74 valence electrons. The predicted molar refractivity (Wildman–Crippen MR) is 49.5 cm³/mol. The van der Waals surface area contributed by atoms with E-state index in [1.807, 2.05) is 0 Å². The predicted octanol–water partition coefficient (Wildman–Crippen LogP) is 1.19. The number of nitrogens with zero attached hydrogens (tertiary/aromatic N) is 1. The van der Waals surface area contributed by atoms with Crippen LogP contribution in [0.4, 0.5) is 0 Å². The second-order valence-corrected chi connectivity index (χ2v) is 4.44. The van der Waals surface area contributed by atoms with Crippen molar-refractivity contribution >= 4 is 5.97 Å². The topological polar surface area (TPSA) is 40.5 Å². The van der Waals surface area contributed by atoms with Gasteiger partial charge in [-0.25, -0.2) is 0 Å². The van der Waals surface area contributed by atoms with Crippen LogP contribution in [0.1, 0.15) is 25.7 Å². The summed E-state index contributed by atoms with van der Waals surface area (Å²) in [6, 6.07) is 0. The van der Waals surface area contributed by atoms with Crippen molar-refractivity contribution in [1.29, 1.82) is 0 Å². The first kappa shape index (κ1) is 9.00. The van der Waals surface area contributed by atoms with E-state index in [4.69, 9.17) is 5.11 Å². The van der Waals surface area contributed by atoms with E-state index in [9.17, 15) is 4.79 Å². The first-order valence-corrected chi connectivity index (χ1v) is 5.18. The molecule has 0 aromatic heterocycles. The van der Waals surface area contributed by atoms with E-state index in [0.29, 0.717) is 12.3 Å². The Balaban J connectivity index is 1.89. The molecule has 3 unspecified atom stereocenters. The summed E-state index contributed by atoms with van der Waals surface area (Å²) >= 11 is 0. The molecule has 2 saturated heterocycles. The number of carboxylic acid groups (broad SMARTS) is 1. The zero-order chi connectivity index (χ0) is 9.26. The molecule has 2 rings (SSSR count). The van der Waals surface area contributed by atoms with Crippen molar-refractivity contribution in [3.05, 3.63) is 0 Å². The highest BCUT2D eigenvalue weighted by molar-refractivity contribution is 5.67. The summed E-state index contributed by atoms with van der Waals surface area (Å²) in [6.45, 7) is 3.58. The summed E-state index contributed by atoms with van der Waals surface area (Å²) in [5.74, 6) is 0.595. The van der Waals surface area contributed by atoms with Crippen molar-refractivity contribution in [3.63, 3.8) is 0 Å². The molecule has 3 atom stereocenters. The molecule has 0 saturated carbocycles. The molecule has 2 bridgehead atoms. The molecule has 0 aromatic rings. The molecule has 0 radical (unpaired) electrons. The summed E-state index contributed by atoms with van der Waals surface area (Å²) in [7, 11) is 0. The minimum Gasteiger partial charge on any atom is -0.481 e. The second kappa shape index (κ2) is 3.66. The van der Waals surface area contributed by atoms with Crippen molar-refractivity contribution in [2.45, 2.75) is 25.7 Å². The Kier molecular flexibility index (Phi) is 2.54. The monoisotopic (exact) mass is 183 g/mol. The lowest BCUT2D eigenvalue weighted by Gasteiger charge is -2.17. The first-order valence-electron chi connectivity index (χ1n) is 5.18. The van der Waals surface area contributed by atoms with Crippen molar-refractivity contribution < 1.29 is 9.90 Å². The van der Waals surface area contributed by atoms with Crippen molar-refractivity contribution in [2.24, 2.45) is 11.8 Å². The van der Waals surface area contributed by atoms with Crippen LogP contribution >= 0.6 is 0 Å².